The zero-order chi connectivity index (χ0) is 10.8. The van der Waals surface area contributed by atoms with Gasteiger partial charge in [-0.1, -0.05) is 0 Å². The van der Waals surface area contributed by atoms with E-state index in [9.17, 15) is 0 Å². The third-order valence-corrected chi connectivity index (χ3v) is 2.15. The van der Waals surface area contributed by atoms with Crippen molar-refractivity contribution in [1.82, 2.24) is 10.2 Å². The molecule has 1 heterocycles. The fraction of sp³-hybridized carbons (Fsp3) is 0.222. The van der Waals surface area contributed by atoms with Gasteiger partial charge in [0.2, 0.25) is 0 Å². The molecule has 78 valence electrons. The van der Waals surface area contributed by atoms with Gasteiger partial charge in [0.1, 0.15) is 5.75 Å². The van der Waals surface area contributed by atoms with Crippen LogP contribution in [0, 0.1) is 0 Å². The van der Waals surface area contributed by atoms with E-state index in [1.807, 2.05) is 6.92 Å². The number of fused-ring (bicyclic) bond motifs is 1. The number of aromatic nitrogens is 2. The highest BCUT2D eigenvalue weighted by atomic mass is 16.5. The summed E-state index contributed by atoms with van der Waals surface area (Å²) >= 11 is 0. The molecule has 0 aliphatic heterocycles. The van der Waals surface area contributed by atoms with Gasteiger partial charge < -0.3 is 14.8 Å². The first-order valence-electron chi connectivity index (χ1n) is 4.68. The van der Waals surface area contributed by atoms with Gasteiger partial charge in [0.25, 0.3) is 0 Å². The summed E-state index contributed by atoms with van der Waals surface area (Å²) in [6, 6.07) is 3.36. The molecule has 0 saturated carbocycles. The van der Waals surface area contributed by atoms with E-state index in [4.69, 9.17) is 14.8 Å². The van der Waals surface area contributed by atoms with E-state index in [1.54, 1.807) is 18.3 Å². The van der Waals surface area contributed by atoms with Gasteiger partial charge in [-0.3, -0.25) is 5.10 Å². The molecule has 3 N–H and O–H groups in total. The second-order valence-corrected chi connectivity index (χ2v) is 3.15. The smallest absolute Gasteiger partial charge is 0.492 e. The Morgan fingerprint density at radius 3 is 2.93 bits per heavy atom. The van der Waals surface area contributed by atoms with Gasteiger partial charge in [-0.15, -0.1) is 0 Å². The lowest BCUT2D eigenvalue weighted by molar-refractivity contribution is 0.340. The van der Waals surface area contributed by atoms with Crippen LogP contribution in [0.15, 0.2) is 18.3 Å². The lowest BCUT2D eigenvalue weighted by Crippen LogP contribution is -2.31. The van der Waals surface area contributed by atoms with Gasteiger partial charge in [-0.2, -0.15) is 5.10 Å². The predicted octanol–water partition coefficient (Wildman–Crippen LogP) is -0.359. The van der Waals surface area contributed by atoms with Crippen LogP contribution >= 0.6 is 0 Å². The third-order valence-electron chi connectivity index (χ3n) is 2.15. The normalized spacial score (nSPS) is 10.6. The highest BCUT2D eigenvalue weighted by molar-refractivity contribution is 6.60. The molecular formula is C9H11BN2O3. The van der Waals surface area contributed by atoms with Crippen molar-refractivity contribution in [1.29, 1.82) is 0 Å². The molecule has 2 rings (SSSR count). The molecule has 0 atom stereocenters. The monoisotopic (exact) mass is 206 g/mol. The average Bonchev–Trinajstić information content (AvgIpc) is 2.63. The minimum atomic E-state index is -1.54. The van der Waals surface area contributed by atoms with Crippen LogP contribution in [-0.2, 0) is 0 Å². The highest BCUT2D eigenvalue weighted by Gasteiger charge is 2.18. The van der Waals surface area contributed by atoms with Crippen LogP contribution in [0.4, 0.5) is 0 Å². The van der Waals surface area contributed by atoms with Crippen molar-refractivity contribution in [2.24, 2.45) is 0 Å². The topological polar surface area (TPSA) is 78.4 Å². The van der Waals surface area contributed by atoms with Gasteiger partial charge in [0, 0.05) is 10.8 Å². The summed E-state index contributed by atoms with van der Waals surface area (Å²) in [5.41, 5.74) is 1.09. The van der Waals surface area contributed by atoms with Crippen LogP contribution in [0.5, 0.6) is 5.75 Å². The molecule has 15 heavy (non-hydrogen) atoms. The van der Waals surface area contributed by atoms with Crippen molar-refractivity contribution >= 4 is 23.5 Å². The molecule has 0 saturated heterocycles. The lowest BCUT2D eigenvalue weighted by Gasteiger charge is -2.09. The van der Waals surface area contributed by atoms with Crippen LogP contribution in [0.25, 0.3) is 10.9 Å². The molecule has 0 fully saturated rings. The Hall–Kier alpha value is -1.53. The number of hydrogen-bond donors (Lipinski definition) is 3. The van der Waals surface area contributed by atoms with Crippen molar-refractivity contribution in [2.45, 2.75) is 6.92 Å². The summed E-state index contributed by atoms with van der Waals surface area (Å²) in [6.45, 7) is 2.32. The maximum atomic E-state index is 9.17. The first kappa shape index (κ1) is 10.0. The summed E-state index contributed by atoms with van der Waals surface area (Å²) in [6.07, 6.45) is 1.66. The Morgan fingerprint density at radius 1 is 1.47 bits per heavy atom. The number of ether oxygens (including phenoxy) is 1. The van der Waals surface area contributed by atoms with Crippen LogP contribution in [0.3, 0.4) is 0 Å². The molecule has 0 aliphatic carbocycles. The zero-order valence-corrected chi connectivity index (χ0v) is 8.27. The predicted molar refractivity (Wildman–Crippen MR) is 57.1 cm³/mol. The number of benzene rings is 1. The van der Waals surface area contributed by atoms with Gasteiger partial charge in [-0.25, -0.2) is 0 Å². The summed E-state index contributed by atoms with van der Waals surface area (Å²) in [7, 11) is -1.54. The quantitative estimate of drug-likeness (QED) is 0.599. The summed E-state index contributed by atoms with van der Waals surface area (Å²) in [4.78, 5) is 0. The number of nitrogens with one attached hydrogen (secondary N) is 1. The second kappa shape index (κ2) is 3.92. The highest BCUT2D eigenvalue weighted by Crippen LogP contribution is 2.17. The van der Waals surface area contributed by atoms with E-state index in [0.29, 0.717) is 17.8 Å². The molecule has 2 aromatic rings. The van der Waals surface area contributed by atoms with Gasteiger partial charge in [-0.05, 0) is 19.1 Å². The number of rotatable bonds is 3. The molecule has 0 bridgehead atoms. The minimum absolute atomic E-state index is 0.341. The summed E-state index contributed by atoms with van der Waals surface area (Å²) in [5, 5.41) is 25.8. The summed E-state index contributed by atoms with van der Waals surface area (Å²) in [5.74, 6) is 0.474. The van der Waals surface area contributed by atoms with Crippen LogP contribution in [0.2, 0.25) is 0 Å². The molecule has 1 aromatic carbocycles. The van der Waals surface area contributed by atoms with Crippen LogP contribution < -0.4 is 10.2 Å². The molecular weight excluding hydrogens is 195 g/mol. The van der Waals surface area contributed by atoms with E-state index in [2.05, 4.69) is 10.2 Å². The number of nitrogens with zero attached hydrogens (tertiary/aromatic N) is 1. The molecule has 0 amide bonds. The van der Waals surface area contributed by atoms with Crippen molar-refractivity contribution < 1.29 is 14.8 Å². The Labute approximate surface area is 86.8 Å². The van der Waals surface area contributed by atoms with Crippen molar-refractivity contribution in [3.63, 3.8) is 0 Å². The van der Waals surface area contributed by atoms with Crippen LogP contribution in [-0.4, -0.2) is 34.0 Å². The fourth-order valence-electron chi connectivity index (χ4n) is 1.47. The van der Waals surface area contributed by atoms with Crippen molar-refractivity contribution in [3.05, 3.63) is 18.3 Å². The van der Waals surface area contributed by atoms with E-state index in [0.717, 1.165) is 10.9 Å². The molecule has 5 nitrogen and oxygen atoms in total. The summed E-state index contributed by atoms with van der Waals surface area (Å²) < 4.78 is 5.31. The third kappa shape index (κ3) is 1.81. The zero-order valence-electron chi connectivity index (χ0n) is 8.27. The Bertz CT molecular complexity index is 469. The Kier molecular flexibility index (Phi) is 2.61. The van der Waals surface area contributed by atoms with E-state index in [-0.39, 0.29) is 0 Å². The first-order chi connectivity index (χ1) is 7.22. The van der Waals surface area contributed by atoms with E-state index in [1.165, 1.54) is 0 Å². The Balaban J connectivity index is 2.57. The minimum Gasteiger partial charge on any atom is -0.494 e. The molecule has 0 radical (unpaired) electrons. The van der Waals surface area contributed by atoms with Crippen molar-refractivity contribution in [3.8, 4) is 5.75 Å². The number of aromatic amines is 1. The standard InChI is InChI=1S/C9H11BN2O3/c1-2-15-9-3-6-5-11-12-8(6)4-7(9)10(13)14/h3-5,13-14H,2H2,1H3,(H,11,12). The molecule has 1 aromatic heterocycles. The molecule has 6 heteroatoms. The average molecular weight is 206 g/mol. The largest absolute Gasteiger partial charge is 0.494 e. The fourth-order valence-corrected chi connectivity index (χ4v) is 1.47. The second-order valence-electron chi connectivity index (χ2n) is 3.15. The number of H-pyrrole nitrogens is 1. The Morgan fingerprint density at radius 2 is 2.27 bits per heavy atom. The van der Waals surface area contributed by atoms with Gasteiger partial charge >= 0.3 is 7.12 Å². The van der Waals surface area contributed by atoms with Crippen LogP contribution in [0.1, 0.15) is 6.92 Å². The molecule has 0 spiro atoms. The van der Waals surface area contributed by atoms with E-state index >= 15 is 0 Å². The maximum Gasteiger partial charge on any atom is 0.492 e. The van der Waals surface area contributed by atoms with Gasteiger partial charge in [0.15, 0.2) is 0 Å². The lowest BCUT2D eigenvalue weighted by atomic mass is 9.79. The SMILES string of the molecule is CCOc1cc2cn[nH]c2cc1B(O)O. The number of hydrogen-bond acceptors (Lipinski definition) is 4. The maximum absolute atomic E-state index is 9.17. The first-order valence-corrected chi connectivity index (χ1v) is 4.68. The molecule has 0 aliphatic rings. The molecule has 0 unspecified atom stereocenters. The van der Waals surface area contributed by atoms with Crippen molar-refractivity contribution in [2.75, 3.05) is 6.61 Å². The van der Waals surface area contributed by atoms with Gasteiger partial charge in [0.05, 0.1) is 18.3 Å². The van der Waals surface area contributed by atoms with E-state index < -0.39 is 7.12 Å².